The number of aliphatic hydroxyl groups excluding tert-OH is 1. The van der Waals surface area contributed by atoms with Gasteiger partial charge in [-0.1, -0.05) is 0 Å². The van der Waals surface area contributed by atoms with E-state index in [-0.39, 0.29) is 0 Å². The maximum Gasteiger partial charge on any atom is 0.330 e. The van der Waals surface area contributed by atoms with Crippen molar-refractivity contribution in [3.05, 3.63) is 33.1 Å². The molecule has 0 aromatic carbocycles. The third-order valence-corrected chi connectivity index (χ3v) is 4.71. The Labute approximate surface area is 138 Å². The van der Waals surface area contributed by atoms with Crippen LogP contribution < -0.4 is 11.2 Å². The fourth-order valence-electron chi connectivity index (χ4n) is 3.46. The van der Waals surface area contributed by atoms with Crippen LogP contribution >= 0.6 is 0 Å². The second kappa shape index (κ2) is 6.77. The molecule has 2 saturated heterocycles. The second-order valence-electron chi connectivity index (χ2n) is 6.25. The van der Waals surface area contributed by atoms with Crippen molar-refractivity contribution in [1.29, 1.82) is 0 Å². The summed E-state index contributed by atoms with van der Waals surface area (Å²) in [4.78, 5) is 27.8. The normalized spacial score (nSPS) is 34.5. The van der Waals surface area contributed by atoms with Gasteiger partial charge < -0.3 is 19.3 Å². The lowest BCUT2D eigenvalue weighted by atomic mass is 10.0. The van der Waals surface area contributed by atoms with Gasteiger partial charge in [0.25, 0.3) is 5.56 Å². The fourth-order valence-corrected chi connectivity index (χ4v) is 3.46. The Morgan fingerprint density at radius 3 is 2.75 bits per heavy atom. The second-order valence-corrected chi connectivity index (χ2v) is 6.25. The largest absolute Gasteiger partial charge is 0.387 e. The first-order valence-corrected chi connectivity index (χ1v) is 7.97. The Morgan fingerprint density at radius 1 is 1.42 bits per heavy atom. The van der Waals surface area contributed by atoms with Gasteiger partial charge in [0.05, 0.1) is 13.2 Å². The maximum absolute atomic E-state index is 12.2. The van der Waals surface area contributed by atoms with Crippen molar-refractivity contribution in [2.24, 2.45) is 0 Å². The summed E-state index contributed by atoms with van der Waals surface area (Å²) in [5.41, 5.74) is -2.31. The van der Waals surface area contributed by atoms with Crippen molar-refractivity contribution in [1.82, 2.24) is 14.5 Å². The van der Waals surface area contributed by atoms with Gasteiger partial charge in [-0.15, -0.1) is 0 Å². The number of nitrogens with one attached hydrogen (secondary N) is 1. The SMILES string of the molecule is CO[C@@H]1[C@H](O)[C@@H](CN2CCOCC2)O[C@@]1(C)n1ccc(=O)[nH]c1=O. The summed E-state index contributed by atoms with van der Waals surface area (Å²) in [7, 11) is 1.46. The lowest BCUT2D eigenvalue weighted by Gasteiger charge is -2.32. The van der Waals surface area contributed by atoms with Crippen LogP contribution in [0.1, 0.15) is 6.92 Å². The summed E-state index contributed by atoms with van der Waals surface area (Å²) in [6.45, 7) is 5.00. The minimum Gasteiger partial charge on any atom is -0.387 e. The number of ether oxygens (including phenoxy) is 3. The molecule has 0 spiro atoms. The topological polar surface area (TPSA) is 106 Å². The zero-order valence-electron chi connectivity index (χ0n) is 13.8. The number of hydrogen-bond donors (Lipinski definition) is 2. The van der Waals surface area contributed by atoms with Crippen LogP contribution in [-0.2, 0) is 19.9 Å². The molecule has 2 aliphatic rings. The van der Waals surface area contributed by atoms with Crippen molar-refractivity contribution in [2.45, 2.75) is 31.0 Å². The summed E-state index contributed by atoms with van der Waals surface area (Å²) in [5.74, 6) is 0. The predicted octanol–water partition coefficient (Wildman–Crippen LogP) is -1.68. The summed E-state index contributed by atoms with van der Waals surface area (Å²) in [6, 6.07) is 1.24. The van der Waals surface area contributed by atoms with Crippen LogP contribution in [0.4, 0.5) is 0 Å². The monoisotopic (exact) mass is 341 g/mol. The lowest BCUT2D eigenvalue weighted by Crippen LogP contribution is -2.50. The molecule has 0 radical (unpaired) electrons. The number of aromatic nitrogens is 2. The molecule has 0 bridgehead atoms. The Hall–Kier alpha value is -1.52. The first kappa shape index (κ1) is 17.3. The van der Waals surface area contributed by atoms with E-state index in [1.54, 1.807) is 6.92 Å². The number of rotatable bonds is 4. The quantitative estimate of drug-likeness (QED) is 0.673. The van der Waals surface area contributed by atoms with Crippen LogP contribution in [0.25, 0.3) is 0 Å². The minimum atomic E-state index is -1.22. The van der Waals surface area contributed by atoms with Gasteiger partial charge in [0, 0.05) is 39.0 Å². The zero-order valence-corrected chi connectivity index (χ0v) is 13.8. The van der Waals surface area contributed by atoms with Gasteiger partial charge in [-0.25, -0.2) is 4.79 Å². The molecule has 2 fully saturated rings. The van der Waals surface area contributed by atoms with Crippen LogP contribution in [0, 0.1) is 0 Å². The van der Waals surface area contributed by atoms with Crippen molar-refractivity contribution < 1.29 is 19.3 Å². The fraction of sp³-hybridized carbons (Fsp3) is 0.733. The first-order chi connectivity index (χ1) is 11.5. The summed E-state index contributed by atoms with van der Waals surface area (Å²) < 4.78 is 18.1. The van der Waals surface area contributed by atoms with E-state index >= 15 is 0 Å². The maximum atomic E-state index is 12.2. The number of morpholine rings is 1. The first-order valence-electron chi connectivity index (χ1n) is 7.97. The smallest absolute Gasteiger partial charge is 0.330 e. The highest BCUT2D eigenvalue weighted by atomic mass is 16.6. The van der Waals surface area contributed by atoms with Gasteiger partial charge in [0.15, 0.2) is 5.72 Å². The third-order valence-electron chi connectivity index (χ3n) is 4.71. The number of methoxy groups -OCH3 is 1. The molecule has 1 aromatic rings. The van der Waals surface area contributed by atoms with Crippen molar-refractivity contribution in [2.75, 3.05) is 40.0 Å². The third kappa shape index (κ3) is 3.05. The molecule has 2 N–H and O–H groups in total. The average molecular weight is 341 g/mol. The van der Waals surface area contributed by atoms with E-state index in [4.69, 9.17) is 14.2 Å². The van der Waals surface area contributed by atoms with E-state index in [2.05, 4.69) is 9.88 Å². The molecule has 134 valence electrons. The van der Waals surface area contributed by atoms with E-state index in [9.17, 15) is 14.7 Å². The van der Waals surface area contributed by atoms with E-state index < -0.39 is 35.3 Å². The number of aromatic amines is 1. The lowest BCUT2D eigenvalue weighted by molar-refractivity contribution is -0.143. The molecule has 0 aliphatic carbocycles. The molecule has 0 saturated carbocycles. The number of aliphatic hydroxyl groups is 1. The molecule has 1 aromatic heterocycles. The number of H-pyrrole nitrogens is 1. The van der Waals surface area contributed by atoms with Crippen LogP contribution in [0.2, 0.25) is 0 Å². The summed E-state index contributed by atoms with van der Waals surface area (Å²) in [5, 5.41) is 10.6. The molecule has 0 amide bonds. The Morgan fingerprint density at radius 2 is 2.12 bits per heavy atom. The van der Waals surface area contributed by atoms with Crippen molar-refractivity contribution >= 4 is 0 Å². The van der Waals surface area contributed by atoms with Gasteiger partial charge >= 0.3 is 5.69 Å². The summed E-state index contributed by atoms with van der Waals surface area (Å²) >= 11 is 0. The average Bonchev–Trinajstić information content (AvgIpc) is 2.79. The molecule has 0 unspecified atom stereocenters. The summed E-state index contributed by atoms with van der Waals surface area (Å²) in [6.07, 6.45) is -0.803. The van der Waals surface area contributed by atoms with Gasteiger partial charge in [-0.05, 0) is 6.92 Å². The molecule has 9 heteroatoms. The van der Waals surface area contributed by atoms with Gasteiger partial charge in [-0.2, -0.15) is 0 Å². The van der Waals surface area contributed by atoms with E-state index in [0.717, 1.165) is 13.1 Å². The Kier molecular flexibility index (Phi) is 4.88. The zero-order chi connectivity index (χ0) is 17.3. The van der Waals surface area contributed by atoms with E-state index in [0.29, 0.717) is 19.8 Å². The molecular formula is C15H23N3O6. The minimum absolute atomic E-state index is 0.489. The number of hydrogen-bond acceptors (Lipinski definition) is 7. The highest BCUT2D eigenvalue weighted by Crippen LogP contribution is 2.36. The van der Waals surface area contributed by atoms with E-state index in [1.807, 2.05) is 0 Å². The highest BCUT2D eigenvalue weighted by molar-refractivity contribution is 5.01. The van der Waals surface area contributed by atoms with Crippen molar-refractivity contribution in [3.8, 4) is 0 Å². The van der Waals surface area contributed by atoms with Crippen molar-refractivity contribution in [3.63, 3.8) is 0 Å². The van der Waals surface area contributed by atoms with Crippen LogP contribution in [0.15, 0.2) is 21.9 Å². The Balaban J connectivity index is 1.86. The highest BCUT2D eigenvalue weighted by Gasteiger charge is 2.54. The number of nitrogens with zero attached hydrogens (tertiary/aromatic N) is 2. The molecule has 3 heterocycles. The molecule has 9 nitrogen and oxygen atoms in total. The van der Waals surface area contributed by atoms with Gasteiger partial charge in [0.1, 0.15) is 18.3 Å². The van der Waals surface area contributed by atoms with Gasteiger partial charge in [-0.3, -0.25) is 19.2 Å². The van der Waals surface area contributed by atoms with Crippen LogP contribution in [0.5, 0.6) is 0 Å². The molecule has 24 heavy (non-hydrogen) atoms. The van der Waals surface area contributed by atoms with E-state index in [1.165, 1.54) is 23.9 Å². The molecular weight excluding hydrogens is 318 g/mol. The molecule has 4 atom stereocenters. The van der Waals surface area contributed by atoms with Crippen LogP contribution in [-0.4, -0.2) is 77.8 Å². The van der Waals surface area contributed by atoms with Gasteiger partial charge in [0.2, 0.25) is 0 Å². The standard InChI is InChI=1S/C15H23N3O6/c1-15(18-4-3-11(19)16-14(18)21)13(22-2)12(20)10(24-15)9-17-5-7-23-8-6-17/h3-4,10,12-13,20H,5-9H2,1-2H3,(H,16,19,21)/t10-,12-,13-,15-/m1/s1. The van der Waals surface area contributed by atoms with Crippen LogP contribution in [0.3, 0.4) is 0 Å². The predicted molar refractivity (Wildman–Crippen MR) is 83.9 cm³/mol. The Bertz CT molecular complexity index is 682. The molecule has 3 rings (SSSR count). The molecule has 2 aliphatic heterocycles.